The molecule has 0 spiro atoms. The van der Waals surface area contributed by atoms with Crippen molar-refractivity contribution in [1.29, 1.82) is 0 Å². The monoisotopic (exact) mass is 285 g/mol. The molecule has 0 aliphatic heterocycles. The Balaban J connectivity index is 2.04. The van der Waals surface area contributed by atoms with E-state index in [0.29, 0.717) is 6.54 Å². The molecule has 4 heteroatoms. The van der Waals surface area contributed by atoms with E-state index in [1.54, 1.807) is 0 Å². The summed E-state index contributed by atoms with van der Waals surface area (Å²) in [6, 6.07) is 14.0. The van der Waals surface area contributed by atoms with Gasteiger partial charge in [-0.05, 0) is 29.3 Å². The van der Waals surface area contributed by atoms with Crippen molar-refractivity contribution in [3.63, 3.8) is 0 Å². The standard InChI is InChI=1S/C16H16ClN3/c1-20-15-7-6-11(10-18)8-14(15)19-16(20)9-12-4-2-3-5-13(12)17/h2-8H,9-10,18H2,1H3. The van der Waals surface area contributed by atoms with Gasteiger partial charge in [-0.1, -0.05) is 35.9 Å². The van der Waals surface area contributed by atoms with Crippen LogP contribution in [-0.4, -0.2) is 9.55 Å². The van der Waals surface area contributed by atoms with Crippen LogP contribution >= 0.6 is 11.6 Å². The minimum Gasteiger partial charge on any atom is -0.331 e. The predicted molar refractivity (Wildman–Crippen MR) is 82.9 cm³/mol. The smallest absolute Gasteiger partial charge is 0.114 e. The van der Waals surface area contributed by atoms with Crippen LogP contribution in [0.3, 0.4) is 0 Å². The Hall–Kier alpha value is -1.84. The van der Waals surface area contributed by atoms with Crippen LogP contribution in [0.15, 0.2) is 42.5 Å². The number of fused-ring (bicyclic) bond motifs is 1. The summed E-state index contributed by atoms with van der Waals surface area (Å²) in [6.45, 7) is 0.534. The fourth-order valence-electron chi connectivity index (χ4n) is 2.39. The summed E-state index contributed by atoms with van der Waals surface area (Å²) in [4.78, 5) is 4.71. The number of halogens is 1. The Bertz CT molecular complexity index is 762. The fraction of sp³-hybridized carbons (Fsp3) is 0.188. The zero-order chi connectivity index (χ0) is 14.1. The lowest BCUT2D eigenvalue weighted by Gasteiger charge is -2.04. The molecular weight excluding hydrogens is 270 g/mol. The van der Waals surface area contributed by atoms with Crippen LogP contribution in [0.25, 0.3) is 11.0 Å². The molecule has 0 saturated heterocycles. The molecule has 102 valence electrons. The molecule has 3 nitrogen and oxygen atoms in total. The van der Waals surface area contributed by atoms with Crippen molar-refractivity contribution in [3.05, 3.63) is 64.4 Å². The number of rotatable bonds is 3. The molecule has 0 aliphatic rings. The van der Waals surface area contributed by atoms with Gasteiger partial charge < -0.3 is 10.3 Å². The zero-order valence-electron chi connectivity index (χ0n) is 11.3. The highest BCUT2D eigenvalue weighted by molar-refractivity contribution is 6.31. The summed E-state index contributed by atoms with van der Waals surface area (Å²) in [5.41, 5.74) is 9.96. The maximum atomic E-state index is 6.22. The maximum absolute atomic E-state index is 6.22. The number of imidazole rings is 1. The highest BCUT2D eigenvalue weighted by Gasteiger charge is 2.10. The van der Waals surface area contributed by atoms with Crippen molar-refractivity contribution < 1.29 is 0 Å². The minimum absolute atomic E-state index is 0.534. The van der Waals surface area contributed by atoms with Gasteiger partial charge in [0.25, 0.3) is 0 Å². The average molecular weight is 286 g/mol. The number of aromatic nitrogens is 2. The summed E-state index contributed by atoms with van der Waals surface area (Å²) >= 11 is 6.22. The Morgan fingerprint density at radius 2 is 2.00 bits per heavy atom. The van der Waals surface area contributed by atoms with E-state index in [1.807, 2.05) is 43.4 Å². The van der Waals surface area contributed by atoms with Gasteiger partial charge in [0.2, 0.25) is 0 Å². The summed E-state index contributed by atoms with van der Waals surface area (Å²) < 4.78 is 2.11. The molecule has 0 radical (unpaired) electrons. The lowest BCUT2D eigenvalue weighted by atomic mass is 10.1. The van der Waals surface area contributed by atoms with Crippen LogP contribution in [0.5, 0.6) is 0 Å². The van der Waals surface area contributed by atoms with Crippen LogP contribution < -0.4 is 5.73 Å². The van der Waals surface area contributed by atoms with Crippen molar-refractivity contribution in [2.45, 2.75) is 13.0 Å². The molecule has 0 saturated carbocycles. The molecule has 2 aromatic carbocycles. The van der Waals surface area contributed by atoms with Crippen molar-refractivity contribution in [1.82, 2.24) is 9.55 Å². The largest absolute Gasteiger partial charge is 0.331 e. The molecule has 0 bridgehead atoms. The maximum Gasteiger partial charge on any atom is 0.114 e. The van der Waals surface area contributed by atoms with E-state index in [-0.39, 0.29) is 0 Å². The molecule has 0 atom stereocenters. The van der Waals surface area contributed by atoms with E-state index in [1.165, 1.54) is 0 Å². The SMILES string of the molecule is Cn1c(Cc2ccccc2Cl)nc2cc(CN)ccc21. The van der Waals surface area contributed by atoms with Crippen molar-refractivity contribution in [2.75, 3.05) is 0 Å². The van der Waals surface area contributed by atoms with Crippen LogP contribution in [0, 0.1) is 0 Å². The number of benzene rings is 2. The van der Waals surface area contributed by atoms with E-state index < -0.39 is 0 Å². The highest BCUT2D eigenvalue weighted by Crippen LogP contribution is 2.22. The highest BCUT2D eigenvalue weighted by atomic mass is 35.5. The van der Waals surface area contributed by atoms with Crippen LogP contribution in [0.4, 0.5) is 0 Å². The molecule has 3 rings (SSSR count). The third-order valence-electron chi connectivity index (χ3n) is 3.58. The number of aryl methyl sites for hydroxylation is 1. The van der Waals surface area contributed by atoms with Gasteiger partial charge in [0.05, 0.1) is 11.0 Å². The predicted octanol–water partition coefficient (Wildman–Crippen LogP) is 3.28. The Morgan fingerprint density at radius 1 is 1.20 bits per heavy atom. The van der Waals surface area contributed by atoms with Crippen molar-refractivity contribution >= 4 is 22.6 Å². The first-order valence-corrected chi connectivity index (χ1v) is 6.94. The Labute approximate surface area is 123 Å². The molecule has 1 heterocycles. The lowest BCUT2D eigenvalue weighted by Crippen LogP contribution is -1.99. The molecule has 1 aromatic heterocycles. The van der Waals surface area contributed by atoms with E-state index in [9.17, 15) is 0 Å². The van der Waals surface area contributed by atoms with Gasteiger partial charge in [-0.15, -0.1) is 0 Å². The molecule has 0 unspecified atom stereocenters. The van der Waals surface area contributed by atoms with Gasteiger partial charge in [0.1, 0.15) is 5.82 Å². The average Bonchev–Trinajstić information content (AvgIpc) is 2.77. The molecule has 0 aliphatic carbocycles. The van der Waals surface area contributed by atoms with Gasteiger partial charge in [-0.3, -0.25) is 0 Å². The van der Waals surface area contributed by atoms with Crippen molar-refractivity contribution in [2.24, 2.45) is 12.8 Å². The first-order valence-electron chi connectivity index (χ1n) is 6.56. The summed E-state index contributed by atoms with van der Waals surface area (Å²) in [5, 5.41) is 0.780. The Kier molecular flexibility index (Phi) is 3.47. The zero-order valence-corrected chi connectivity index (χ0v) is 12.1. The first-order chi connectivity index (χ1) is 9.69. The van der Waals surface area contributed by atoms with Crippen LogP contribution in [0.1, 0.15) is 17.0 Å². The summed E-state index contributed by atoms with van der Waals surface area (Å²) in [6.07, 6.45) is 0.725. The third-order valence-corrected chi connectivity index (χ3v) is 3.95. The fourth-order valence-corrected chi connectivity index (χ4v) is 2.60. The number of nitrogens with zero attached hydrogens (tertiary/aromatic N) is 2. The normalized spacial score (nSPS) is 11.2. The Morgan fingerprint density at radius 3 is 2.75 bits per heavy atom. The van der Waals surface area contributed by atoms with Gasteiger partial charge in [0.15, 0.2) is 0 Å². The summed E-state index contributed by atoms with van der Waals surface area (Å²) in [7, 11) is 2.03. The lowest BCUT2D eigenvalue weighted by molar-refractivity contribution is 0.845. The van der Waals surface area contributed by atoms with E-state index >= 15 is 0 Å². The van der Waals surface area contributed by atoms with Gasteiger partial charge in [-0.25, -0.2) is 4.98 Å². The van der Waals surface area contributed by atoms with Crippen LogP contribution in [-0.2, 0) is 20.0 Å². The molecule has 20 heavy (non-hydrogen) atoms. The quantitative estimate of drug-likeness (QED) is 0.802. The summed E-state index contributed by atoms with van der Waals surface area (Å²) in [5.74, 6) is 1.00. The van der Waals surface area contributed by atoms with Gasteiger partial charge in [-0.2, -0.15) is 0 Å². The number of nitrogens with two attached hydrogens (primary N) is 1. The third kappa shape index (κ3) is 2.30. The second-order valence-corrected chi connectivity index (χ2v) is 5.29. The molecule has 3 aromatic rings. The topological polar surface area (TPSA) is 43.8 Å². The first kappa shape index (κ1) is 13.2. The molecule has 0 amide bonds. The number of hydrogen-bond donors (Lipinski definition) is 1. The van der Waals surface area contributed by atoms with Gasteiger partial charge in [0, 0.05) is 25.0 Å². The second-order valence-electron chi connectivity index (χ2n) is 4.88. The van der Waals surface area contributed by atoms with E-state index in [0.717, 1.165) is 39.4 Å². The minimum atomic E-state index is 0.534. The molecule has 0 fully saturated rings. The van der Waals surface area contributed by atoms with Crippen molar-refractivity contribution in [3.8, 4) is 0 Å². The second kappa shape index (κ2) is 5.27. The molecule has 2 N–H and O–H groups in total. The van der Waals surface area contributed by atoms with E-state index in [2.05, 4.69) is 10.6 Å². The number of hydrogen-bond acceptors (Lipinski definition) is 2. The van der Waals surface area contributed by atoms with E-state index in [4.69, 9.17) is 22.3 Å². The van der Waals surface area contributed by atoms with Gasteiger partial charge >= 0.3 is 0 Å². The molecular formula is C16H16ClN3. The van der Waals surface area contributed by atoms with Crippen LogP contribution in [0.2, 0.25) is 5.02 Å².